The van der Waals surface area contributed by atoms with E-state index in [0.717, 1.165) is 5.56 Å². The van der Waals surface area contributed by atoms with Crippen molar-refractivity contribution in [1.29, 1.82) is 0 Å². The number of ether oxygens (including phenoxy) is 1. The lowest BCUT2D eigenvalue weighted by molar-refractivity contribution is -0.113. The lowest BCUT2D eigenvalue weighted by Crippen LogP contribution is -2.27. The zero-order valence-corrected chi connectivity index (χ0v) is 14.9. The summed E-state index contributed by atoms with van der Waals surface area (Å²) in [7, 11) is 1.47. The average Bonchev–Trinajstić information content (AvgIpc) is 2.84. The van der Waals surface area contributed by atoms with E-state index in [4.69, 9.17) is 28.6 Å². The summed E-state index contributed by atoms with van der Waals surface area (Å²) in [5.41, 5.74) is 1.41. The number of thioether (sulfide) groups is 1. The number of anilines is 1. The van der Waals surface area contributed by atoms with E-state index in [1.54, 1.807) is 42.5 Å². The molecule has 1 heterocycles. The molecule has 1 N–H and O–H groups in total. The number of phenols is 1. The molecule has 0 spiro atoms. The molecule has 0 radical (unpaired) electrons. The molecule has 1 aliphatic rings. The molecule has 1 fully saturated rings. The van der Waals surface area contributed by atoms with Crippen LogP contribution in [0.4, 0.5) is 5.69 Å². The second kappa shape index (κ2) is 6.84. The number of halogens is 1. The van der Waals surface area contributed by atoms with Crippen molar-refractivity contribution in [3.8, 4) is 11.5 Å². The standard InChI is InChI=1S/C17H12ClNO3S2/c1-22-14-8-10(2-7-13(14)20)9-15-16(21)19(17(23)24-15)12-5-3-11(18)4-6-12/h2-9,20H,1H3. The van der Waals surface area contributed by atoms with Crippen molar-refractivity contribution in [1.82, 2.24) is 0 Å². The maximum Gasteiger partial charge on any atom is 0.270 e. The molecule has 1 saturated heterocycles. The first-order valence-corrected chi connectivity index (χ1v) is 8.50. The highest BCUT2D eigenvalue weighted by Gasteiger charge is 2.33. The number of hydrogen-bond acceptors (Lipinski definition) is 5. The van der Waals surface area contributed by atoms with Crippen LogP contribution in [0.15, 0.2) is 47.4 Å². The van der Waals surface area contributed by atoms with Crippen LogP contribution < -0.4 is 9.64 Å². The van der Waals surface area contributed by atoms with E-state index in [-0.39, 0.29) is 11.7 Å². The Kier molecular flexibility index (Phi) is 4.80. The van der Waals surface area contributed by atoms with Gasteiger partial charge in [0.2, 0.25) is 0 Å². The topological polar surface area (TPSA) is 49.8 Å². The number of methoxy groups -OCH3 is 1. The fraction of sp³-hybridized carbons (Fsp3) is 0.0588. The molecule has 1 aliphatic heterocycles. The summed E-state index contributed by atoms with van der Waals surface area (Å²) < 4.78 is 5.54. The maximum atomic E-state index is 12.7. The van der Waals surface area contributed by atoms with Crippen LogP contribution in [-0.2, 0) is 4.79 Å². The first-order valence-electron chi connectivity index (χ1n) is 6.90. The smallest absolute Gasteiger partial charge is 0.270 e. The van der Waals surface area contributed by atoms with E-state index in [2.05, 4.69) is 0 Å². The SMILES string of the molecule is COc1cc(C=C2SC(=S)N(c3ccc(Cl)cc3)C2=O)ccc1O. The largest absolute Gasteiger partial charge is 0.504 e. The van der Waals surface area contributed by atoms with Crippen LogP contribution in [0.2, 0.25) is 5.02 Å². The van der Waals surface area contributed by atoms with Crippen molar-refractivity contribution < 1.29 is 14.6 Å². The monoisotopic (exact) mass is 377 g/mol. The number of hydrogen-bond donors (Lipinski definition) is 1. The highest BCUT2D eigenvalue weighted by Crippen LogP contribution is 2.37. The molecular weight excluding hydrogens is 366 g/mol. The predicted octanol–water partition coefficient (Wildman–Crippen LogP) is 4.46. The van der Waals surface area contributed by atoms with E-state index in [9.17, 15) is 9.90 Å². The first-order chi connectivity index (χ1) is 11.5. The van der Waals surface area contributed by atoms with E-state index < -0.39 is 0 Å². The highest BCUT2D eigenvalue weighted by molar-refractivity contribution is 8.27. The maximum absolute atomic E-state index is 12.7. The quantitative estimate of drug-likeness (QED) is 0.632. The van der Waals surface area contributed by atoms with Crippen molar-refractivity contribution in [3.05, 3.63) is 58.0 Å². The van der Waals surface area contributed by atoms with Gasteiger partial charge in [-0.1, -0.05) is 41.6 Å². The van der Waals surface area contributed by atoms with Gasteiger partial charge in [0, 0.05) is 5.02 Å². The Morgan fingerprint density at radius 3 is 2.62 bits per heavy atom. The van der Waals surface area contributed by atoms with Gasteiger partial charge in [0.05, 0.1) is 17.7 Å². The molecule has 24 heavy (non-hydrogen) atoms. The molecule has 0 unspecified atom stereocenters. The molecule has 0 aromatic heterocycles. The van der Waals surface area contributed by atoms with Gasteiger partial charge in [0.15, 0.2) is 15.8 Å². The van der Waals surface area contributed by atoms with Gasteiger partial charge < -0.3 is 9.84 Å². The van der Waals surface area contributed by atoms with Crippen LogP contribution in [-0.4, -0.2) is 22.4 Å². The molecule has 0 aliphatic carbocycles. The minimum Gasteiger partial charge on any atom is -0.504 e. The average molecular weight is 378 g/mol. The predicted molar refractivity (Wildman–Crippen MR) is 102 cm³/mol. The minimum absolute atomic E-state index is 0.0448. The Labute approximate surface area is 153 Å². The minimum atomic E-state index is -0.195. The fourth-order valence-corrected chi connectivity index (χ4v) is 3.64. The molecule has 0 bridgehead atoms. The van der Waals surface area contributed by atoms with Gasteiger partial charge in [-0.15, -0.1) is 0 Å². The molecule has 0 saturated carbocycles. The highest BCUT2D eigenvalue weighted by atomic mass is 35.5. The molecular formula is C17H12ClNO3S2. The van der Waals surface area contributed by atoms with Crippen molar-refractivity contribution in [2.75, 3.05) is 12.0 Å². The van der Waals surface area contributed by atoms with E-state index in [0.29, 0.717) is 25.7 Å². The van der Waals surface area contributed by atoms with Crippen LogP contribution in [0.5, 0.6) is 11.5 Å². The van der Waals surface area contributed by atoms with Gasteiger partial charge in [-0.2, -0.15) is 0 Å². The van der Waals surface area contributed by atoms with Crippen molar-refractivity contribution in [2.24, 2.45) is 0 Å². The molecule has 122 valence electrons. The summed E-state index contributed by atoms with van der Waals surface area (Å²) in [6.45, 7) is 0. The lowest BCUT2D eigenvalue weighted by atomic mass is 10.2. The van der Waals surface area contributed by atoms with E-state index in [1.165, 1.54) is 29.8 Å². The Morgan fingerprint density at radius 2 is 1.96 bits per heavy atom. The number of phenolic OH excluding ortho intramolecular Hbond substituents is 1. The second-order valence-electron chi connectivity index (χ2n) is 4.92. The Balaban J connectivity index is 1.92. The van der Waals surface area contributed by atoms with Gasteiger partial charge in [-0.3, -0.25) is 9.69 Å². The number of carbonyl (C=O) groups excluding carboxylic acids is 1. The summed E-state index contributed by atoms with van der Waals surface area (Å²) in [6, 6.07) is 11.8. The zero-order valence-electron chi connectivity index (χ0n) is 12.5. The molecule has 0 atom stereocenters. The Morgan fingerprint density at radius 1 is 1.25 bits per heavy atom. The number of aromatic hydroxyl groups is 1. The van der Waals surface area contributed by atoms with Crippen LogP contribution in [0.3, 0.4) is 0 Å². The van der Waals surface area contributed by atoms with Gasteiger partial charge in [0.1, 0.15) is 0 Å². The van der Waals surface area contributed by atoms with Gasteiger partial charge in [0.25, 0.3) is 5.91 Å². The molecule has 4 nitrogen and oxygen atoms in total. The molecule has 3 rings (SSSR count). The third kappa shape index (κ3) is 3.26. The summed E-state index contributed by atoms with van der Waals surface area (Å²) in [5, 5.41) is 10.2. The van der Waals surface area contributed by atoms with Gasteiger partial charge >= 0.3 is 0 Å². The molecule has 2 aromatic rings. The van der Waals surface area contributed by atoms with Crippen LogP contribution in [0.25, 0.3) is 6.08 Å². The molecule has 2 aromatic carbocycles. The van der Waals surface area contributed by atoms with Crippen molar-refractivity contribution >= 4 is 57.6 Å². The summed E-state index contributed by atoms with van der Waals surface area (Å²) in [6.07, 6.45) is 1.72. The number of thiocarbonyl (C=S) groups is 1. The molecule has 7 heteroatoms. The van der Waals surface area contributed by atoms with Crippen LogP contribution in [0, 0.1) is 0 Å². The Bertz CT molecular complexity index is 849. The lowest BCUT2D eigenvalue weighted by Gasteiger charge is -2.14. The zero-order chi connectivity index (χ0) is 17.3. The van der Waals surface area contributed by atoms with Crippen LogP contribution >= 0.6 is 35.6 Å². The second-order valence-corrected chi connectivity index (χ2v) is 7.04. The summed E-state index contributed by atoms with van der Waals surface area (Å²) in [4.78, 5) is 14.6. The molecule has 1 amide bonds. The first kappa shape index (κ1) is 16.8. The normalized spacial score (nSPS) is 16.1. The van der Waals surface area contributed by atoms with Crippen LogP contribution in [0.1, 0.15) is 5.56 Å². The summed E-state index contributed by atoms with van der Waals surface area (Å²) >= 11 is 12.4. The number of nitrogens with zero attached hydrogens (tertiary/aromatic N) is 1. The van der Waals surface area contributed by atoms with E-state index in [1.807, 2.05) is 0 Å². The van der Waals surface area contributed by atoms with Crippen molar-refractivity contribution in [3.63, 3.8) is 0 Å². The number of amides is 1. The number of rotatable bonds is 3. The van der Waals surface area contributed by atoms with Gasteiger partial charge in [-0.05, 0) is 48.0 Å². The van der Waals surface area contributed by atoms with E-state index >= 15 is 0 Å². The Hall–Kier alpha value is -2.02. The third-order valence-corrected chi connectivity index (χ3v) is 4.93. The van der Waals surface area contributed by atoms with Crippen molar-refractivity contribution in [2.45, 2.75) is 0 Å². The summed E-state index contributed by atoms with van der Waals surface area (Å²) in [5.74, 6) is 0.194. The number of carbonyl (C=O) groups is 1. The number of benzene rings is 2. The van der Waals surface area contributed by atoms with Gasteiger partial charge in [-0.25, -0.2) is 0 Å². The fourth-order valence-electron chi connectivity index (χ4n) is 2.22. The third-order valence-electron chi connectivity index (χ3n) is 3.38.